The molecule has 10 heteroatoms. The van der Waals surface area contributed by atoms with Gasteiger partial charge in [0, 0.05) is 11.8 Å². The number of carbonyl (C=O) groups excluding carboxylic acids is 1. The van der Waals surface area contributed by atoms with Crippen LogP contribution < -0.4 is 10.9 Å². The zero-order chi connectivity index (χ0) is 19.6. The van der Waals surface area contributed by atoms with Crippen LogP contribution in [0.25, 0.3) is 5.82 Å². The van der Waals surface area contributed by atoms with Gasteiger partial charge in [0.15, 0.2) is 11.5 Å². The third kappa shape index (κ3) is 3.89. The number of aromatic amines is 1. The smallest absolute Gasteiger partial charge is 0.322 e. The Balaban J connectivity index is 2.01. The number of alkyl halides is 3. The third-order valence-corrected chi connectivity index (χ3v) is 3.76. The Bertz CT molecular complexity index is 1020. The van der Waals surface area contributed by atoms with Gasteiger partial charge in [-0.1, -0.05) is 19.1 Å². The maximum atomic E-state index is 13.6. The maximum Gasteiger partial charge on any atom is 0.434 e. The first-order valence-corrected chi connectivity index (χ1v) is 7.91. The second-order valence-corrected chi connectivity index (χ2v) is 5.60. The predicted molar refractivity (Wildman–Crippen MR) is 90.8 cm³/mol. The molecular weight excluding hydrogens is 363 g/mol. The molecule has 0 bridgehead atoms. The molecule has 3 rings (SSSR count). The number of benzene rings is 1. The Hall–Kier alpha value is -3.43. The molecule has 0 saturated heterocycles. The molecule has 7 nitrogen and oxygen atoms in total. The summed E-state index contributed by atoms with van der Waals surface area (Å²) < 4.78 is 41.2. The molecule has 140 valence electrons. The van der Waals surface area contributed by atoms with Crippen LogP contribution in [-0.4, -0.2) is 25.9 Å². The van der Waals surface area contributed by atoms with Gasteiger partial charge in [-0.05, 0) is 30.2 Å². The van der Waals surface area contributed by atoms with Gasteiger partial charge in [-0.25, -0.2) is 9.78 Å². The summed E-state index contributed by atoms with van der Waals surface area (Å²) in [6, 6.07) is 8.90. The Morgan fingerprint density at radius 1 is 1.26 bits per heavy atom. The number of carbonyl (C=O) groups is 1. The Morgan fingerprint density at radius 3 is 2.67 bits per heavy atom. The van der Waals surface area contributed by atoms with E-state index in [-0.39, 0.29) is 5.82 Å². The number of hydrogen-bond donors (Lipinski definition) is 2. The van der Waals surface area contributed by atoms with E-state index in [0.717, 1.165) is 23.9 Å². The molecule has 3 aromatic rings. The van der Waals surface area contributed by atoms with Crippen molar-refractivity contribution in [2.45, 2.75) is 19.5 Å². The summed E-state index contributed by atoms with van der Waals surface area (Å²) >= 11 is 0. The van der Waals surface area contributed by atoms with Gasteiger partial charge in [-0.3, -0.25) is 9.59 Å². The van der Waals surface area contributed by atoms with Crippen molar-refractivity contribution < 1.29 is 18.0 Å². The molecule has 27 heavy (non-hydrogen) atoms. The third-order valence-electron chi connectivity index (χ3n) is 3.76. The van der Waals surface area contributed by atoms with Crippen LogP contribution in [0.1, 0.15) is 28.5 Å². The van der Waals surface area contributed by atoms with Gasteiger partial charge >= 0.3 is 6.18 Å². The van der Waals surface area contributed by atoms with Crippen LogP contribution in [-0.2, 0) is 12.6 Å². The fourth-order valence-corrected chi connectivity index (χ4v) is 2.48. The highest BCUT2D eigenvalue weighted by Gasteiger charge is 2.41. The summed E-state index contributed by atoms with van der Waals surface area (Å²) in [4.78, 5) is 23.5. The summed E-state index contributed by atoms with van der Waals surface area (Å²) in [6.07, 6.45) is -3.34. The number of rotatable bonds is 4. The topological polar surface area (TPSA) is 92.7 Å². The molecule has 2 heterocycles. The highest BCUT2D eigenvalue weighted by molar-refractivity contribution is 6.05. The maximum absolute atomic E-state index is 13.6. The number of aryl methyl sites for hydroxylation is 1. The molecule has 0 atom stereocenters. The lowest BCUT2D eigenvalue weighted by atomic mass is 10.1. The number of amides is 1. The summed E-state index contributed by atoms with van der Waals surface area (Å²) in [5, 5.41) is 11.6. The Morgan fingerprint density at radius 2 is 2.04 bits per heavy atom. The standard InChI is InChI=1S/C17H14F3N5O2/c1-2-10-4-3-5-11(8-10)22-16(27)12-9-21-25(15(12)17(18,19)20)13-6-7-14(26)24-23-13/h3-9H,2H2,1H3,(H,22,27)(H,24,26). The van der Waals surface area contributed by atoms with Gasteiger partial charge in [0.2, 0.25) is 0 Å². The lowest BCUT2D eigenvalue weighted by Gasteiger charge is -2.12. The zero-order valence-electron chi connectivity index (χ0n) is 14.0. The molecule has 1 amide bonds. The van der Waals surface area contributed by atoms with Crippen LogP contribution in [0, 0.1) is 0 Å². The quantitative estimate of drug-likeness (QED) is 0.731. The van der Waals surface area contributed by atoms with E-state index in [1.807, 2.05) is 18.1 Å². The van der Waals surface area contributed by atoms with Gasteiger partial charge < -0.3 is 5.32 Å². The van der Waals surface area contributed by atoms with Crippen molar-refractivity contribution in [2.24, 2.45) is 0 Å². The number of hydrogen-bond acceptors (Lipinski definition) is 4. The van der Waals surface area contributed by atoms with E-state index >= 15 is 0 Å². The minimum Gasteiger partial charge on any atom is -0.322 e. The monoisotopic (exact) mass is 377 g/mol. The summed E-state index contributed by atoms with van der Waals surface area (Å²) in [5.41, 5.74) is -1.21. The van der Waals surface area contributed by atoms with Gasteiger partial charge in [0.25, 0.3) is 11.5 Å². The van der Waals surface area contributed by atoms with Crippen LogP contribution in [0.2, 0.25) is 0 Å². The minimum atomic E-state index is -4.87. The molecule has 0 aliphatic heterocycles. The van der Waals surface area contributed by atoms with Crippen molar-refractivity contribution >= 4 is 11.6 Å². The van der Waals surface area contributed by atoms with Crippen molar-refractivity contribution in [2.75, 3.05) is 5.32 Å². The van der Waals surface area contributed by atoms with E-state index in [1.54, 1.807) is 18.2 Å². The second kappa shape index (κ2) is 7.06. The Labute approximate surface area is 150 Å². The van der Waals surface area contributed by atoms with Crippen LogP contribution in [0.15, 0.2) is 47.4 Å². The number of nitrogens with one attached hydrogen (secondary N) is 2. The first kappa shape index (κ1) is 18.4. The van der Waals surface area contributed by atoms with Gasteiger partial charge in [0.05, 0.1) is 11.8 Å². The molecule has 0 radical (unpaired) electrons. The molecule has 1 aromatic carbocycles. The van der Waals surface area contributed by atoms with E-state index in [2.05, 4.69) is 15.5 Å². The van der Waals surface area contributed by atoms with Gasteiger partial charge in [-0.2, -0.15) is 23.4 Å². The van der Waals surface area contributed by atoms with Crippen molar-refractivity contribution in [3.8, 4) is 5.82 Å². The van der Waals surface area contributed by atoms with Crippen LogP contribution in [0.4, 0.5) is 18.9 Å². The van der Waals surface area contributed by atoms with E-state index in [9.17, 15) is 22.8 Å². The van der Waals surface area contributed by atoms with Crippen LogP contribution >= 0.6 is 0 Å². The minimum absolute atomic E-state index is 0.269. The highest BCUT2D eigenvalue weighted by Crippen LogP contribution is 2.33. The van der Waals surface area contributed by atoms with Gasteiger partial charge in [-0.15, -0.1) is 0 Å². The predicted octanol–water partition coefficient (Wildman–Crippen LogP) is 2.79. The molecule has 2 aromatic heterocycles. The fraction of sp³-hybridized carbons (Fsp3) is 0.176. The highest BCUT2D eigenvalue weighted by atomic mass is 19.4. The molecular formula is C17H14F3N5O2. The number of H-pyrrole nitrogens is 1. The summed E-state index contributed by atoms with van der Waals surface area (Å²) in [7, 11) is 0. The molecule has 0 fully saturated rings. The number of anilines is 1. The number of halogens is 3. The second-order valence-electron chi connectivity index (χ2n) is 5.60. The normalized spacial score (nSPS) is 11.4. The summed E-state index contributed by atoms with van der Waals surface area (Å²) in [6.45, 7) is 1.92. The SMILES string of the molecule is CCc1cccc(NC(=O)c2cnn(-c3ccc(=O)[nH]n3)c2C(F)(F)F)c1. The van der Waals surface area contributed by atoms with E-state index in [4.69, 9.17) is 0 Å². The van der Waals surface area contributed by atoms with Crippen molar-refractivity contribution in [3.05, 3.63) is 69.8 Å². The zero-order valence-corrected chi connectivity index (χ0v) is 14.0. The van der Waals surface area contributed by atoms with E-state index in [0.29, 0.717) is 16.8 Å². The lowest BCUT2D eigenvalue weighted by Crippen LogP contribution is -2.21. The number of aromatic nitrogens is 4. The van der Waals surface area contributed by atoms with Crippen molar-refractivity contribution in [3.63, 3.8) is 0 Å². The molecule has 0 spiro atoms. The Kier molecular flexibility index (Phi) is 4.80. The van der Waals surface area contributed by atoms with E-state index < -0.39 is 28.9 Å². The lowest BCUT2D eigenvalue weighted by molar-refractivity contribution is -0.143. The van der Waals surface area contributed by atoms with E-state index in [1.165, 1.54) is 0 Å². The van der Waals surface area contributed by atoms with Crippen LogP contribution in [0.5, 0.6) is 0 Å². The summed E-state index contributed by atoms with van der Waals surface area (Å²) in [5.74, 6) is -1.22. The molecule has 0 unspecified atom stereocenters. The van der Waals surface area contributed by atoms with Gasteiger partial charge in [0.1, 0.15) is 0 Å². The first-order valence-electron chi connectivity index (χ1n) is 7.91. The largest absolute Gasteiger partial charge is 0.434 e. The van der Waals surface area contributed by atoms with Crippen LogP contribution in [0.3, 0.4) is 0 Å². The molecule has 0 saturated carbocycles. The molecule has 2 N–H and O–H groups in total. The number of nitrogens with zero attached hydrogens (tertiary/aromatic N) is 3. The molecule has 0 aliphatic rings. The first-order chi connectivity index (χ1) is 12.8. The average Bonchev–Trinajstić information content (AvgIpc) is 3.08. The molecule has 0 aliphatic carbocycles. The van der Waals surface area contributed by atoms with Crippen molar-refractivity contribution in [1.29, 1.82) is 0 Å². The average molecular weight is 377 g/mol. The van der Waals surface area contributed by atoms with Crippen molar-refractivity contribution in [1.82, 2.24) is 20.0 Å². The fourth-order valence-electron chi connectivity index (χ4n) is 2.48.